The van der Waals surface area contributed by atoms with Gasteiger partial charge in [-0.05, 0) is 24.1 Å². The van der Waals surface area contributed by atoms with Crippen LogP contribution in [0.2, 0.25) is 0 Å². The van der Waals surface area contributed by atoms with Gasteiger partial charge in [-0.3, -0.25) is 0 Å². The number of hydrogen-bond donors (Lipinski definition) is 1. The van der Waals surface area contributed by atoms with E-state index in [9.17, 15) is 0 Å². The largest absolute Gasteiger partial charge is 0.349 e. The van der Waals surface area contributed by atoms with E-state index in [-0.39, 0.29) is 0 Å². The van der Waals surface area contributed by atoms with E-state index in [1.165, 1.54) is 44.0 Å². The first-order valence-corrected chi connectivity index (χ1v) is 8.22. The highest BCUT2D eigenvalue weighted by atomic mass is 14.9. The van der Waals surface area contributed by atoms with Gasteiger partial charge >= 0.3 is 0 Å². The second kappa shape index (κ2) is 4.93. The Labute approximate surface area is 140 Å². The lowest BCUT2D eigenvalue weighted by Gasteiger charge is -2.05. The Morgan fingerprint density at radius 1 is 0.833 bits per heavy atom. The average Bonchev–Trinajstić information content (AvgIpc) is 3.01. The fraction of sp³-hybridized carbons (Fsp3) is 0.0455. The summed E-state index contributed by atoms with van der Waals surface area (Å²) >= 11 is 0. The molecule has 114 valence electrons. The molecule has 3 heterocycles. The van der Waals surface area contributed by atoms with Gasteiger partial charge < -0.3 is 4.98 Å². The summed E-state index contributed by atoms with van der Waals surface area (Å²) in [7, 11) is 0. The predicted molar refractivity (Wildman–Crippen MR) is 99.1 cm³/mol. The van der Waals surface area contributed by atoms with Gasteiger partial charge in [0.25, 0.3) is 0 Å². The Morgan fingerprint density at radius 3 is 2.50 bits per heavy atom. The van der Waals surface area contributed by atoms with Crippen LogP contribution in [0.1, 0.15) is 5.56 Å². The highest BCUT2D eigenvalue weighted by Crippen LogP contribution is 2.29. The molecule has 24 heavy (non-hydrogen) atoms. The quantitative estimate of drug-likeness (QED) is 0.419. The molecule has 5 rings (SSSR count). The van der Waals surface area contributed by atoms with Gasteiger partial charge in [0.05, 0.1) is 0 Å². The van der Waals surface area contributed by atoms with Crippen molar-refractivity contribution in [3.05, 3.63) is 84.7 Å². The maximum absolute atomic E-state index is 3.60. The molecule has 0 saturated carbocycles. The van der Waals surface area contributed by atoms with Gasteiger partial charge in [0.2, 0.25) is 5.52 Å². The van der Waals surface area contributed by atoms with Gasteiger partial charge in [0, 0.05) is 34.0 Å². The molecule has 0 aliphatic carbocycles. The minimum atomic E-state index is 1.18. The van der Waals surface area contributed by atoms with E-state index in [0.717, 1.165) is 0 Å². The van der Waals surface area contributed by atoms with Crippen LogP contribution >= 0.6 is 0 Å². The number of H-pyrrole nitrogens is 1. The number of aromatic amines is 1. The summed E-state index contributed by atoms with van der Waals surface area (Å²) in [6.07, 6.45) is 4.36. The number of hydrogen-bond acceptors (Lipinski definition) is 0. The van der Waals surface area contributed by atoms with Crippen molar-refractivity contribution >= 4 is 27.3 Å². The molecule has 2 heteroatoms. The molecule has 0 bridgehead atoms. The minimum Gasteiger partial charge on any atom is -0.349 e. The van der Waals surface area contributed by atoms with E-state index in [1.807, 2.05) is 0 Å². The van der Waals surface area contributed by atoms with Gasteiger partial charge in [0.1, 0.15) is 5.52 Å². The normalized spacial score (nSPS) is 11.5. The summed E-state index contributed by atoms with van der Waals surface area (Å²) in [5.41, 5.74) is 7.38. The number of benzene rings is 2. The first-order valence-electron chi connectivity index (χ1n) is 8.22. The molecule has 0 fully saturated rings. The lowest BCUT2D eigenvalue weighted by atomic mass is 10.0. The molecule has 0 atom stereocenters. The summed E-state index contributed by atoms with van der Waals surface area (Å²) < 4.78 is 2.21. The number of fused-ring (bicyclic) bond motifs is 5. The first-order chi connectivity index (χ1) is 11.8. The standard InChI is InChI=1S/C22H16N2/c1-15-14-24-12-11-18-17-9-5-6-10-20(17)23-22(18)21(24)13-19(15)16-7-3-2-4-8-16/h2-14H,1H3/p+1. The zero-order valence-corrected chi connectivity index (χ0v) is 13.5. The van der Waals surface area contributed by atoms with E-state index in [2.05, 4.69) is 95.4 Å². The van der Waals surface area contributed by atoms with Crippen molar-refractivity contribution in [3.63, 3.8) is 0 Å². The van der Waals surface area contributed by atoms with Crippen LogP contribution in [0, 0.1) is 6.92 Å². The first kappa shape index (κ1) is 13.3. The van der Waals surface area contributed by atoms with E-state index in [1.54, 1.807) is 0 Å². The number of rotatable bonds is 1. The molecule has 0 aliphatic rings. The average molecular weight is 309 g/mol. The van der Waals surface area contributed by atoms with Gasteiger partial charge in [-0.1, -0.05) is 48.5 Å². The maximum atomic E-state index is 3.60. The van der Waals surface area contributed by atoms with Crippen LogP contribution in [0.25, 0.3) is 38.4 Å². The zero-order valence-electron chi connectivity index (χ0n) is 13.5. The van der Waals surface area contributed by atoms with Crippen LogP contribution in [0.5, 0.6) is 0 Å². The second-order valence-corrected chi connectivity index (χ2v) is 6.30. The van der Waals surface area contributed by atoms with Crippen molar-refractivity contribution in [2.45, 2.75) is 6.92 Å². The number of aromatic nitrogens is 2. The number of para-hydroxylation sites is 1. The Morgan fingerprint density at radius 2 is 1.62 bits per heavy atom. The monoisotopic (exact) mass is 309 g/mol. The van der Waals surface area contributed by atoms with Crippen molar-refractivity contribution < 1.29 is 4.40 Å². The second-order valence-electron chi connectivity index (χ2n) is 6.30. The summed E-state index contributed by atoms with van der Waals surface area (Å²) in [5.74, 6) is 0. The lowest BCUT2D eigenvalue weighted by Crippen LogP contribution is -2.21. The third-order valence-corrected chi connectivity index (χ3v) is 4.81. The number of pyridine rings is 2. The van der Waals surface area contributed by atoms with Crippen LogP contribution in [0.15, 0.2) is 79.1 Å². The third-order valence-electron chi connectivity index (χ3n) is 4.81. The van der Waals surface area contributed by atoms with Crippen molar-refractivity contribution in [1.82, 2.24) is 4.98 Å². The maximum Gasteiger partial charge on any atom is 0.235 e. The van der Waals surface area contributed by atoms with Crippen LogP contribution in [0.3, 0.4) is 0 Å². The molecular formula is C22H17N2+. The van der Waals surface area contributed by atoms with Crippen molar-refractivity contribution in [3.8, 4) is 11.1 Å². The molecule has 2 nitrogen and oxygen atoms in total. The fourth-order valence-corrected chi connectivity index (χ4v) is 3.62. The van der Waals surface area contributed by atoms with E-state index < -0.39 is 0 Å². The van der Waals surface area contributed by atoms with Crippen LogP contribution < -0.4 is 4.40 Å². The molecule has 0 amide bonds. The Balaban J connectivity index is 1.91. The molecule has 0 saturated heterocycles. The molecular weight excluding hydrogens is 292 g/mol. The predicted octanol–water partition coefficient (Wildman–Crippen LogP) is 5.04. The number of nitrogens with one attached hydrogen (secondary N) is 1. The summed E-state index contributed by atoms with van der Waals surface area (Å²) in [6.45, 7) is 2.17. The van der Waals surface area contributed by atoms with Crippen LogP contribution in [-0.2, 0) is 0 Å². The highest BCUT2D eigenvalue weighted by molar-refractivity contribution is 6.11. The molecule has 5 aromatic rings. The summed E-state index contributed by atoms with van der Waals surface area (Å²) in [6, 6.07) is 23.6. The van der Waals surface area contributed by atoms with Crippen LogP contribution in [0.4, 0.5) is 0 Å². The Kier molecular flexibility index (Phi) is 2.74. The van der Waals surface area contributed by atoms with Gasteiger partial charge in [0.15, 0.2) is 12.4 Å². The molecule has 2 aromatic carbocycles. The smallest absolute Gasteiger partial charge is 0.235 e. The van der Waals surface area contributed by atoms with E-state index in [4.69, 9.17) is 0 Å². The van der Waals surface area contributed by atoms with Gasteiger partial charge in [-0.25, -0.2) is 0 Å². The minimum absolute atomic E-state index is 1.18. The molecule has 1 N–H and O–H groups in total. The van der Waals surface area contributed by atoms with E-state index >= 15 is 0 Å². The van der Waals surface area contributed by atoms with Crippen molar-refractivity contribution in [2.75, 3.05) is 0 Å². The fourth-order valence-electron chi connectivity index (χ4n) is 3.62. The van der Waals surface area contributed by atoms with Gasteiger partial charge in [-0.15, -0.1) is 0 Å². The number of nitrogens with zero attached hydrogens (tertiary/aromatic N) is 1. The summed E-state index contributed by atoms with van der Waals surface area (Å²) in [5, 5.41) is 2.55. The molecule has 0 spiro atoms. The van der Waals surface area contributed by atoms with E-state index in [0.29, 0.717) is 0 Å². The van der Waals surface area contributed by atoms with Crippen molar-refractivity contribution in [1.29, 1.82) is 0 Å². The van der Waals surface area contributed by atoms with Gasteiger partial charge in [-0.2, -0.15) is 4.40 Å². The van der Waals surface area contributed by atoms with Crippen molar-refractivity contribution in [2.24, 2.45) is 0 Å². The topological polar surface area (TPSA) is 19.9 Å². The summed E-state index contributed by atoms with van der Waals surface area (Å²) in [4.78, 5) is 3.60. The third kappa shape index (κ3) is 1.86. The van der Waals surface area contributed by atoms with Crippen LogP contribution in [-0.4, -0.2) is 4.98 Å². The molecule has 0 unspecified atom stereocenters. The Bertz CT molecular complexity index is 1200. The molecule has 0 radical (unpaired) electrons. The lowest BCUT2D eigenvalue weighted by molar-refractivity contribution is -0.511. The molecule has 3 aromatic heterocycles. The Hall–Kier alpha value is -3.13. The zero-order chi connectivity index (χ0) is 16.1. The number of aryl methyl sites for hydroxylation is 1. The highest BCUT2D eigenvalue weighted by Gasteiger charge is 2.15. The SMILES string of the molecule is Cc1c[n+]2ccc3c4ccccc4[nH]c3c2cc1-c1ccccc1. The molecule has 0 aliphatic heterocycles.